The summed E-state index contributed by atoms with van der Waals surface area (Å²) < 4.78 is 5.61. The molecule has 0 spiro atoms. The summed E-state index contributed by atoms with van der Waals surface area (Å²) in [4.78, 5) is 11.4. The summed E-state index contributed by atoms with van der Waals surface area (Å²) in [7, 11) is 0. The van der Waals surface area contributed by atoms with Gasteiger partial charge in [0.2, 0.25) is 0 Å². The summed E-state index contributed by atoms with van der Waals surface area (Å²) in [6, 6.07) is 14.7. The summed E-state index contributed by atoms with van der Waals surface area (Å²) in [5.41, 5.74) is 4.44. The smallest absolute Gasteiger partial charge is 0.265 e. The molecular formula is C15H15ClN2O2. The second kappa shape index (κ2) is 7.05. The van der Waals surface area contributed by atoms with Gasteiger partial charge in [-0.15, -0.1) is 0 Å². The van der Waals surface area contributed by atoms with Crippen LogP contribution < -0.4 is 11.3 Å². The second-order valence-electron chi connectivity index (χ2n) is 4.26. The molecular weight excluding hydrogens is 276 g/mol. The normalized spacial score (nSPS) is 10.3. The molecule has 0 saturated carbocycles. The third kappa shape index (κ3) is 3.81. The molecule has 5 heteroatoms. The van der Waals surface area contributed by atoms with Crippen LogP contribution in [-0.4, -0.2) is 5.91 Å². The first kappa shape index (κ1) is 14.5. The minimum Gasteiger partial charge on any atom is -0.372 e. The zero-order chi connectivity index (χ0) is 14.4. The maximum absolute atomic E-state index is 11.4. The third-order valence-electron chi connectivity index (χ3n) is 2.80. The standard InChI is InChI=1S/C15H15ClN2O2/c16-14-7-2-1-5-13(14)10-20-9-11-4-3-6-12(8-11)15(19)18-17/h1-8H,9-10,17H2,(H,18,19). The van der Waals surface area contributed by atoms with E-state index in [4.69, 9.17) is 22.2 Å². The lowest BCUT2D eigenvalue weighted by Gasteiger charge is -2.07. The quantitative estimate of drug-likeness (QED) is 0.505. The minimum absolute atomic E-state index is 0.321. The molecule has 0 aromatic heterocycles. The fourth-order valence-electron chi connectivity index (χ4n) is 1.78. The molecule has 0 saturated heterocycles. The van der Waals surface area contributed by atoms with Gasteiger partial charge < -0.3 is 4.74 Å². The Bertz CT molecular complexity index is 602. The molecule has 2 aromatic carbocycles. The third-order valence-corrected chi connectivity index (χ3v) is 3.17. The van der Waals surface area contributed by atoms with Crippen LogP contribution >= 0.6 is 11.6 Å². The van der Waals surface area contributed by atoms with Crippen molar-refractivity contribution in [2.75, 3.05) is 0 Å². The van der Waals surface area contributed by atoms with Crippen molar-refractivity contribution in [1.82, 2.24) is 5.43 Å². The number of hydrazine groups is 1. The van der Waals surface area contributed by atoms with E-state index in [9.17, 15) is 4.79 Å². The SMILES string of the molecule is NNC(=O)c1cccc(COCc2ccccc2Cl)c1. The highest BCUT2D eigenvalue weighted by molar-refractivity contribution is 6.31. The Morgan fingerprint density at radius 1 is 1.15 bits per heavy atom. The van der Waals surface area contributed by atoms with Crippen molar-refractivity contribution in [3.63, 3.8) is 0 Å². The van der Waals surface area contributed by atoms with Crippen LogP contribution in [0.4, 0.5) is 0 Å². The molecule has 0 aliphatic heterocycles. The van der Waals surface area contributed by atoms with E-state index in [0.717, 1.165) is 11.1 Å². The monoisotopic (exact) mass is 290 g/mol. The van der Waals surface area contributed by atoms with Crippen LogP contribution in [0.2, 0.25) is 5.02 Å². The molecule has 2 aromatic rings. The van der Waals surface area contributed by atoms with E-state index >= 15 is 0 Å². The number of rotatable bonds is 5. The highest BCUT2D eigenvalue weighted by Gasteiger charge is 2.04. The number of halogens is 1. The number of carbonyl (C=O) groups is 1. The number of hydrogen-bond acceptors (Lipinski definition) is 3. The molecule has 0 aliphatic carbocycles. The van der Waals surface area contributed by atoms with Crippen molar-refractivity contribution in [1.29, 1.82) is 0 Å². The van der Waals surface area contributed by atoms with Crippen LogP contribution in [0.3, 0.4) is 0 Å². The van der Waals surface area contributed by atoms with E-state index in [1.54, 1.807) is 18.2 Å². The summed E-state index contributed by atoms with van der Waals surface area (Å²) in [5, 5.41) is 0.684. The van der Waals surface area contributed by atoms with Crippen LogP contribution in [0.25, 0.3) is 0 Å². The molecule has 1 amide bonds. The van der Waals surface area contributed by atoms with E-state index in [1.165, 1.54) is 0 Å². The molecule has 0 atom stereocenters. The first-order chi connectivity index (χ1) is 9.70. The number of nitrogen functional groups attached to an aromatic ring is 1. The number of ether oxygens (including phenoxy) is 1. The fraction of sp³-hybridized carbons (Fsp3) is 0.133. The molecule has 0 bridgehead atoms. The predicted octanol–water partition coefficient (Wildman–Crippen LogP) is 2.66. The van der Waals surface area contributed by atoms with Crippen molar-refractivity contribution in [3.05, 3.63) is 70.2 Å². The lowest BCUT2D eigenvalue weighted by Crippen LogP contribution is -2.29. The van der Waals surface area contributed by atoms with Gasteiger partial charge in [-0.3, -0.25) is 10.2 Å². The zero-order valence-corrected chi connectivity index (χ0v) is 11.6. The molecule has 3 N–H and O–H groups in total. The summed E-state index contributed by atoms with van der Waals surface area (Å²) in [6.07, 6.45) is 0. The van der Waals surface area contributed by atoms with Crippen molar-refractivity contribution in [2.24, 2.45) is 5.84 Å². The molecule has 0 aliphatic rings. The van der Waals surface area contributed by atoms with Crippen LogP contribution in [0.1, 0.15) is 21.5 Å². The van der Waals surface area contributed by atoms with Crippen molar-refractivity contribution in [2.45, 2.75) is 13.2 Å². The topological polar surface area (TPSA) is 64.3 Å². The first-order valence-corrected chi connectivity index (χ1v) is 6.49. The predicted molar refractivity (Wildman–Crippen MR) is 78.0 cm³/mol. The van der Waals surface area contributed by atoms with Gasteiger partial charge in [0.25, 0.3) is 5.91 Å². The highest BCUT2D eigenvalue weighted by atomic mass is 35.5. The molecule has 20 heavy (non-hydrogen) atoms. The molecule has 0 heterocycles. The van der Waals surface area contributed by atoms with Gasteiger partial charge >= 0.3 is 0 Å². The Labute approximate surface area is 122 Å². The minimum atomic E-state index is -0.321. The van der Waals surface area contributed by atoms with Gasteiger partial charge in [0.15, 0.2) is 0 Å². The van der Waals surface area contributed by atoms with E-state index in [-0.39, 0.29) is 5.91 Å². The molecule has 0 fully saturated rings. The fourth-order valence-corrected chi connectivity index (χ4v) is 1.97. The van der Waals surface area contributed by atoms with Gasteiger partial charge in [-0.05, 0) is 29.3 Å². The van der Waals surface area contributed by atoms with Crippen LogP contribution in [0.15, 0.2) is 48.5 Å². The van der Waals surface area contributed by atoms with E-state index in [2.05, 4.69) is 5.43 Å². The Balaban J connectivity index is 1.94. The lowest BCUT2D eigenvalue weighted by atomic mass is 10.1. The summed E-state index contributed by atoms with van der Waals surface area (Å²) >= 11 is 6.04. The molecule has 2 rings (SSSR count). The van der Waals surface area contributed by atoms with Crippen molar-refractivity contribution in [3.8, 4) is 0 Å². The number of amides is 1. The van der Waals surface area contributed by atoms with Crippen LogP contribution in [-0.2, 0) is 18.0 Å². The number of hydrogen-bond donors (Lipinski definition) is 2. The van der Waals surface area contributed by atoms with Crippen molar-refractivity contribution >= 4 is 17.5 Å². The largest absolute Gasteiger partial charge is 0.372 e. The number of nitrogens with one attached hydrogen (secondary N) is 1. The Kier molecular flexibility index (Phi) is 5.12. The Hall–Kier alpha value is -1.88. The number of carbonyl (C=O) groups excluding carboxylic acids is 1. The van der Waals surface area contributed by atoms with Gasteiger partial charge in [-0.2, -0.15) is 0 Å². The van der Waals surface area contributed by atoms with E-state index in [1.807, 2.05) is 30.3 Å². The van der Waals surface area contributed by atoms with Gasteiger partial charge in [-0.1, -0.05) is 41.9 Å². The maximum Gasteiger partial charge on any atom is 0.265 e. The second-order valence-corrected chi connectivity index (χ2v) is 4.67. The first-order valence-electron chi connectivity index (χ1n) is 6.11. The maximum atomic E-state index is 11.4. The molecule has 4 nitrogen and oxygen atoms in total. The summed E-state index contributed by atoms with van der Waals surface area (Å²) in [6.45, 7) is 0.823. The van der Waals surface area contributed by atoms with Gasteiger partial charge in [0, 0.05) is 10.6 Å². The summed E-state index contributed by atoms with van der Waals surface area (Å²) in [5.74, 6) is 4.78. The number of benzene rings is 2. The van der Waals surface area contributed by atoms with Gasteiger partial charge in [0.1, 0.15) is 0 Å². The average molecular weight is 291 g/mol. The molecule has 104 valence electrons. The van der Waals surface area contributed by atoms with Crippen LogP contribution in [0.5, 0.6) is 0 Å². The van der Waals surface area contributed by atoms with Gasteiger partial charge in [-0.25, -0.2) is 5.84 Å². The highest BCUT2D eigenvalue weighted by Crippen LogP contribution is 2.16. The zero-order valence-electron chi connectivity index (χ0n) is 10.8. The van der Waals surface area contributed by atoms with Crippen LogP contribution in [0, 0.1) is 0 Å². The Morgan fingerprint density at radius 3 is 2.70 bits per heavy atom. The van der Waals surface area contributed by atoms with E-state index < -0.39 is 0 Å². The van der Waals surface area contributed by atoms with Crippen molar-refractivity contribution < 1.29 is 9.53 Å². The molecule has 0 unspecified atom stereocenters. The Morgan fingerprint density at radius 2 is 1.95 bits per heavy atom. The number of nitrogens with two attached hydrogens (primary N) is 1. The average Bonchev–Trinajstić information content (AvgIpc) is 2.49. The van der Waals surface area contributed by atoms with Gasteiger partial charge in [0.05, 0.1) is 13.2 Å². The van der Waals surface area contributed by atoms with E-state index in [0.29, 0.717) is 23.8 Å². The lowest BCUT2D eigenvalue weighted by molar-refractivity contribution is 0.0951. The molecule has 0 radical (unpaired) electrons.